The molecule has 1 N–H and O–H groups in total. The summed E-state index contributed by atoms with van der Waals surface area (Å²) in [7, 11) is 0. The van der Waals surface area contributed by atoms with Gasteiger partial charge >= 0.3 is 0 Å². The number of morpholine rings is 1. The van der Waals surface area contributed by atoms with Crippen molar-refractivity contribution in [3.63, 3.8) is 0 Å². The first-order valence-electron chi connectivity index (χ1n) is 4.64. The average molecular weight is 270 g/mol. The highest BCUT2D eigenvalue weighted by molar-refractivity contribution is 6.30. The standard InChI is InChI=1S/C10H10ClF2NO.ClH/c11-6-1-2-7(12)9(10(6)13)8-5-15-4-3-14-8;/h1-2,8,14H,3-5H2;1H/t8-;/m0./s1. The van der Waals surface area contributed by atoms with Crippen molar-refractivity contribution < 1.29 is 13.5 Å². The maximum Gasteiger partial charge on any atom is 0.149 e. The van der Waals surface area contributed by atoms with Crippen LogP contribution in [-0.2, 0) is 4.74 Å². The van der Waals surface area contributed by atoms with Gasteiger partial charge in [0, 0.05) is 12.1 Å². The van der Waals surface area contributed by atoms with Crippen molar-refractivity contribution >= 4 is 24.0 Å². The summed E-state index contributed by atoms with van der Waals surface area (Å²) in [5.74, 6) is -1.31. The molecule has 90 valence electrons. The van der Waals surface area contributed by atoms with Crippen LogP contribution in [-0.4, -0.2) is 19.8 Å². The number of rotatable bonds is 1. The molecule has 1 fully saturated rings. The van der Waals surface area contributed by atoms with Crippen molar-refractivity contribution in [2.24, 2.45) is 0 Å². The Morgan fingerprint density at radius 3 is 2.75 bits per heavy atom. The van der Waals surface area contributed by atoms with Gasteiger partial charge in [-0.2, -0.15) is 0 Å². The first-order chi connectivity index (χ1) is 7.20. The fourth-order valence-corrected chi connectivity index (χ4v) is 1.78. The van der Waals surface area contributed by atoms with Crippen molar-refractivity contribution in [1.82, 2.24) is 5.32 Å². The smallest absolute Gasteiger partial charge is 0.149 e. The predicted octanol–water partition coefficient (Wildman–Crippen LogP) is 2.70. The maximum absolute atomic E-state index is 13.6. The number of benzene rings is 1. The second-order valence-electron chi connectivity index (χ2n) is 3.34. The summed E-state index contributed by atoms with van der Waals surface area (Å²) in [4.78, 5) is 0. The zero-order chi connectivity index (χ0) is 10.8. The van der Waals surface area contributed by atoms with E-state index in [1.807, 2.05) is 0 Å². The zero-order valence-electron chi connectivity index (χ0n) is 8.30. The van der Waals surface area contributed by atoms with E-state index in [1.54, 1.807) is 0 Å². The Labute approximate surface area is 103 Å². The lowest BCUT2D eigenvalue weighted by Gasteiger charge is -2.25. The van der Waals surface area contributed by atoms with Crippen molar-refractivity contribution in [3.05, 3.63) is 34.4 Å². The third kappa shape index (κ3) is 2.63. The van der Waals surface area contributed by atoms with Crippen LogP contribution in [0.5, 0.6) is 0 Å². The molecule has 0 amide bonds. The largest absolute Gasteiger partial charge is 0.378 e. The maximum atomic E-state index is 13.6. The van der Waals surface area contributed by atoms with E-state index in [0.717, 1.165) is 6.07 Å². The van der Waals surface area contributed by atoms with Gasteiger partial charge in [-0.15, -0.1) is 12.4 Å². The molecule has 1 heterocycles. The lowest BCUT2D eigenvalue weighted by Crippen LogP contribution is -2.35. The minimum Gasteiger partial charge on any atom is -0.378 e. The molecule has 16 heavy (non-hydrogen) atoms. The van der Waals surface area contributed by atoms with Crippen LogP contribution in [0.3, 0.4) is 0 Å². The minimum absolute atomic E-state index is 0. The summed E-state index contributed by atoms with van der Waals surface area (Å²) >= 11 is 5.59. The summed E-state index contributed by atoms with van der Waals surface area (Å²) < 4.78 is 32.1. The predicted molar refractivity (Wildman–Crippen MR) is 60.2 cm³/mol. The van der Waals surface area contributed by atoms with Crippen LogP contribution < -0.4 is 5.32 Å². The fraction of sp³-hybridized carbons (Fsp3) is 0.400. The molecule has 1 aromatic carbocycles. The van der Waals surface area contributed by atoms with Gasteiger partial charge in [-0.25, -0.2) is 8.78 Å². The van der Waals surface area contributed by atoms with E-state index in [9.17, 15) is 8.78 Å². The summed E-state index contributed by atoms with van der Waals surface area (Å²) in [5, 5.41) is 2.91. The molecular formula is C10H11Cl2F2NO. The fourth-order valence-electron chi connectivity index (χ4n) is 1.61. The third-order valence-corrected chi connectivity index (χ3v) is 2.64. The highest BCUT2D eigenvalue weighted by Gasteiger charge is 2.23. The van der Waals surface area contributed by atoms with E-state index in [1.165, 1.54) is 6.07 Å². The van der Waals surface area contributed by atoms with Crippen molar-refractivity contribution in [1.29, 1.82) is 0 Å². The van der Waals surface area contributed by atoms with E-state index in [4.69, 9.17) is 16.3 Å². The highest BCUT2D eigenvalue weighted by atomic mass is 35.5. The second-order valence-corrected chi connectivity index (χ2v) is 3.75. The van der Waals surface area contributed by atoms with Gasteiger partial charge in [0.2, 0.25) is 0 Å². The van der Waals surface area contributed by atoms with Crippen LogP contribution >= 0.6 is 24.0 Å². The molecule has 1 aliphatic rings. The van der Waals surface area contributed by atoms with Gasteiger partial charge in [0.1, 0.15) is 11.6 Å². The third-order valence-electron chi connectivity index (χ3n) is 2.35. The van der Waals surface area contributed by atoms with Gasteiger partial charge < -0.3 is 10.1 Å². The minimum atomic E-state index is -0.709. The highest BCUT2D eigenvalue weighted by Crippen LogP contribution is 2.27. The average Bonchev–Trinajstić information content (AvgIpc) is 2.26. The van der Waals surface area contributed by atoms with Crippen molar-refractivity contribution in [3.8, 4) is 0 Å². The van der Waals surface area contributed by atoms with Crippen LogP contribution in [0.25, 0.3) is 0 Å². The first kappa shape index (κ1) is 13.6. The monoisotopic (exact) mass is 269 g/mol. The van der Waals surface area contributed by atoms with Crippen molar-refractivity contribution in [2.45, 2.75) is 6.04 Å². The number of ether oxygens (including phenoxy) is 1. The molecule has 0 radical (unpaired) electrons. The Balaban J connectivity index is 0.00000128. The molecular weight excluding hydrogens is 259 g/mol. The van der Waals surface area contributed by atoms with Crippen LogP contribution in [0.1, 0.15) is 11.6 Å². The molecule has 0 unspecified atom stereocenters. The second kappa shape index (κ2) is 5.77. The summed E-state index contributed by atoms with van der Waals surface area (Å²) in [6, 6.07) is 1.91. The normalized spacial score (nSPS) is 20.3. The van der Waals surface area contributed by atoms with Crippen molar-refractivity contribution in [2.75, 3.05) is 19.8 Å². The van der Waals surface area contributed by atoms with E-state index in [-0.39, 0.29) is 29.6 Å². The molecule has 0 aromatic heterocycles. The molecule has 0 saturated carbocycles. The molecule has 0 spiro atoms. The number of hydrogen-bond donors (Lipinski definition) is 1. The van der Waals surface area contributed by atoms with Gasteiger partial charge in [0.25, 0.3) is 0 Å². The molecule has 2 nitrogen and oxygen atoms in total. The lowest BCUT2D eigenvalue weighted by atomic mass is 10.1. The van der Waals surface area contributed by atoms with Gasteiger partial charge in [0.15, 0.2) is 0 Å². The van der Waals surface area contributed by atoms with E-state index in [0.29, 0.717) is 13.2 Å². The molecule has 6 heteroatoms. The summed E-state index contributed by atoms with van der Waals surface area (Å²) in [6.07, 6.45) is 0. The van der Waals surface area contributed by atoms with E-state index in [2.05, 4.69) is 5.32 Å². The molecule has 1 saturated heterocycles. The summed E-state index contributed by atoms with van der Waals surface area (Å²) in [5.41, 5.74) is -0.0396. The first-order valence-corrected chi connectivity index (χ1v) is 5.02. The molecule has 1 aromatic rings. The Kier molecular flexibility index (Phi) is 4.92. The molecule has 2 rings (SSSR count). The van der Waals surface area contributed by atoms with Crippen LogP contribution in [0.4, 0.5) is 8.78 Å². The van der Waals surface area contributed by atoms with E-state index < -0.39 is 17.7 Å². The van der Waals surface area contributed by atoms with Crippen LogP contribution in [0.2, 0.25) is 5.02 Å². The molecule has 1 atom stereocenters. The summed E-state index contributed by atoms with van der Waals surface area (Å²) in [6.45, 7) is 1.39. The number of halogens is 4. The van der Waals surface area contributed by atoms with Crippen LogP contribution in [0, 0.1) is 11.6 Å². The van der Waals surface area contributed by atoms with Gasteiger partial charge in [-0.1, -0.05) is 11.6 Å². The quantitative estimate of drug-likeness (QED) is 0.792. The van der Waals surface area contributed by atoms with E-state index >= 15 is 0 Å². The lowest BCUT2D eigenvalue weighted by molar-refractivity contribution is 0.0745. The van der Waals surface area contributed by atoms with Crippen LogP contribution in [0.15, 0.2) is 12.1 Å². The molecule has 1 aliphatic heterocycles. The SMILES string of the molecule is Cl.Fc1ccc(Cl)c(F)c1[C@@H]1COCCN1. The Morgan fingerprint density at radius 1 is 1.38 bits per heavy atom. The van der Waals surface area contributed by atoms with Gasteiger partial charge in [0.05, 0.1) is 24.3 Å². The Morgan fingerprint density at radius 2 is 2.12 bits per heavy atom. The topological polar surface area (TPSA) is 21.3 Å². The Bertz CT molecular complexity index is 370. The zero-order valence-corrected chi connectivity index (χ0v) is 9.88. The Hall–Kier alpha value is -0.420. The molecule has 0 aliphatic carbocycles. The number of nitrogens with one attached hydrogen (secondary N) is 1. The van der Waals surface area contributed by atoms with Gasteiger partial charge in [-0.05, 0) is 12.1 Å². The van der Waals surface area contributed by atoms with Gasteiger partial charge in [-0.3, -0.25) is 0 Å². The molecule has 0 bridgehead atoms. The number of hydrogen-bond acceptors (Lipinski definition) is 2.